The van der Waals surface area contributed by atoms with Gasteiger partial charge in [-0.25, -0.2) is 0 Å². The van der Waals surface area contributed by atoms with Gasteiger partial charge in [-0.2, -0.15) is 4.73 Å². The van der Waals surface area contributed by atoms with Crippen LogP contribution >= 0.6 is 0 Å². The maximum Gasteiger partial charge on any atom is 0.162 e. The Bertz CT molecular complexity index is 555. The summed E-state index contributed by atoms with van der Waals surface area (Å²) in [6.07, 6.45) is 0. The molecule has 4 heteroatoms. The fourth-order valence-electron chi connectivity index (χ4n) is 1.86. The number of benzene rings is 1. The molecule has 1 aromatic carbocycles. The molecular formula is C11H12N2O2. The van der Waals surface area contributed by atoms with Gasteiger partial charge in [-0.3, -0.25) is 4.79 Å². The number of hydrogen-bond acceptors (Lipinski definition) is 3. The lowest BCUT2D eigenvalue weighted by atomic mass is 10.1. The number of aromatic nitrogens is 1. The maximum atomic E-state index is 11.4. The van der Waals surface area contributed by atoms with Crippen molar-refractivity contribution >= 4 is 22.4 Å². The third-order valence-corrected chi connectivity index (χ3v) is 2.55. The smallest absolute Gasteiger partial charge is 0.162 e. The van der Waals surface area contributed by atoms with Crippen molar-refractivity contribution in [2.24, 2.45) is 0 Å². The Hall–Kier alpha value is -1.97. The summed E-state index contributed by atoms with van der Waals surface area (Å²) >= 11 is 0. The summed E-state index contributed by atoms with van der Waals surface area (Å²) in [6, 6.07) is 5.12. The van der Waals surface area contributed by atoms with Gasteiger partial charge in [0.05, 0.1) is 11.2 Å². The van der Waals surface area contributed by atoms with E-state index in [0.29, 0.717) is 22.5 Å². The van der Waals surface area contributed by atoms with Gasteiger partial charge >= 0.3 is 0 Å². The van der Waals surface area contributed by atoms with Crippen LogP contribution in [0.4, 0.5) is 5.69 Å². The highest BCUT2D eigenvalue weighted by atomic mass is 16.5. The minimum Gasteiger partial charge on any atom is -0.428 e. The first-order valence-electron chi connectivity index (χ1n) is 4.63. The van der Waals surface area contributed by atoms with Crippen LogP contribution in [-0.4, -0.2) is 15.7 Å². The Balaban J connectivity index is 2.93. The zero-order valence-electron chi connectivity index (χ0n) is 8.61. The van der Waals surface area contributed by atoms with Crippen LogP contribution in [0, 0.1) is 6.92 Å². The van der Waals surface area contributed by atoms with Crippen molar-refractivity contribution in [2.75, 3.05) is 5.73 Å². The largest absolute Gasteiger partial charge is 0.428 e. The van der Waals surface area contributed by atoms with Gasteiger partial charge in [0, 0.05) is 16.6 Å². The molecule has 1 heterocycles. The Morgan fingerprint density at radius 1 is 1.47 bits per heavy atom. The van der Waals surface area contributed by atoms with Crippen molar-refractivity contribution in [1.29, 1.82) is 0 Å². The molecule has 0 aliphatic rings. The SMILES string of the molecule is CC(=O)c1c(C)n(O)c2cc(N)ccc12. The van der Waals surface area contributed by atoms with Crippen molar-refractivity contribution in [3.8, 4) is 0 Å². The number of rotatable bonds is 1. The number of nitrogens with two attached hydrogens (primary N) is 1. The molecule has 3 N–H and O–H groups in total. The number of carbonyl (C=O) groups excluding carboxylic acids is 1. The summed E-state index contributed by atoms with van der Waals surface area (Å²) in [4.78, 5) is 11.4. The van der Waals surface area contributed by atoms with Gasteiger partial charge in [-0.15, -0.1) is 0 Å². The summed E-state index contributed by atoms with van der Waals surface area (Å²) in [5.74, 6) is -0.0601. The van der Waals surface area contributed by atoms with Crippen LogP contribution in [0.5, 0.6) is 0 Å². The molecular weight excluding hydrogens is 192 g/mol. The Morgan fingerprint density at radius 3 is 2.73 bits per heavy atom. The average Bonchev–Trinajstić information content (AvgIpc) is 2.41. The molecule has 0 bridgehead atoms. The number of hydrogen-bond donors (Lipinski definition) is 2. The molecule has 0 atom stereocenters. The first kappa shape index (κ1) is 9.58. The Morgan fingerprint density at radius 2 is 2.13 bits per heavy atom. The highest BCUT2D eigenvalue weighted by Gasteiger charge is 2.16. The van der Waals surface area contributed by atoms with Crippen molar-refractivity contribution in [3.63, 3.8) is 0 Å². The number of carbonyl (C=O) groups is 1. The van der Waals surface area contributed by atoms with E-state index in [1.807, 2.05) is 0 Å². The number of nitrogens with zero attached hydrogens (tertiary/aromatic N) is 1. The fraction of sp³-hybridized carbons (Fsp3) is 0.182. The zero-order chi connectivity index (χ0) is 11.2. The van der Waals surface area contributed by atoms with E-state index in [1.54, 1.807) is 25.1 Å². The van der Waals surface area contributed by atoms with Crippen LogP contribution < -0.4 is 5.73 Å². The van der Waals surface area contributed by atoms with Crippen LogP contribution in [-0.2, 0) is 0 Å². The molecule has 1 aromatic heterocycles. The summed E-state index contributed by atoms with van der Waals surface area (Å²) in [6.45, 7) is 3.19. The summed E-state index contributed by atoms with van der Waals surface area (Å²) in [5, 5.41) is 10.5. The van der Waals surface area contributed by atoms with Crippen LogP contribution in [0.15, 0.2) is 18.2 Å². The number of fused-ring (bicyclic) bond motifs is 1. The molecule has 78 valence electrons. The van der Waals surface area contributed by atoms with E-state index in [9.17, 15) is 10.0 Å². The fourth-order valence-corrected chi connectivity index (χ4v) is 1.86. The number of anilines is 1. The van der Waals surface area contributed by atoms with Gasteiger partial charge in [0.1, 0.15) is 0 Å². The molecule has 0 amide bonds. The highest BCUT2D eigenvalue weighted by molar-refractivity contribution is 6.08. The first-order chi connectivity index (χ1) is 7.02. The predicted octanol–water partition coefficient (Wildman–Crippen LogP) is 1.97. The quantitative estimate of drug-likeness (QED) is 0.424. The topological polar surface area (TPSA) is 68.2 Å². The van der Waals surface area contributed by atoms with E-state index in [0.717, 1.165) is 10.1 Å². The summed E-state index contributed by atoms with van der Waals surface area (Å²) in [5.41, 5.74) is 7.84. The van der Waals surface area contributed by atoms with Crippen molar-refractivity contribution < 1.29 is 10.0 Å². The molecule has 2 rings (SSSR count). The van der Waals surface area contributed by atoms with E-state index in [-0.39, 0.29) is 5.78 Å². The van der Waals surface area contributed by atoms with E-state index in [2.05, 4.69) is 0 Å². The van der Waals surface area contributed by atoms with Gasteiger partial charge in [0.15, 0.2) is 5.78 Å². The van der Waals surface area contributed by atoms with E-state index in [4.69, 9.17) is 5.73 Å². The van der Waals surface area contributed by atoms with E-state index in [1.165, 1.54) is 6.92 Å². The lowest BCUT2D eigenvalue weighted by Crippen LogP contribution is -1.97. The van der Waals surface area contributed by atoms with E-state index >= 15 is 0 Å². The molecule has 0 aliphatic carbocycles. The molecule has 2 aromatic rings. The molecule has 0 unspecified atom stereocenters. The lowest BCUT2D eigenvalue weighted by Gasteiger charge is -1.97. The normalized spacial score (nSPS) is 10.8. The van der Waals surface area contributed by atoms with Crippen LogP contribution in [0.1, 0.15) is 23.0 Å². The minimum atomic E-state index is -0.0601. The van der Waals surface area contributed by atoms with E-state index < -0.39 is 0 Å². The van der Waals surface area contributed by atoms with Crippen molar-refractivity contribution in [1.82, 2.24) is 4.73 Å². The van der Waals surface area contributed by atoms with Crippen molar-refractivity contribution in [2.45, 2.75) is 13.8 Å². The molecule has 0 spiro atoms. The third kappa shape index (κ3) is 1.26. The molecule has 0 saturated carbocycles. The van der Waals surface area contributed by atoms with Crippen LogP contribution in [0.25, 0.3) is 10.9 Å². The Kier molecular flexibility index (Phi) is 1.93. The highest BCUT2D eigenvalue weighted by Crippen LogP contribution is 2.26. The predicted molar refractivity (Wildman–Crippen MR) is 58.3 cm³/mol. The first-order valence-corrected chi connectivity index (χ1v) is 4.63. The van der Waals surface area contributed by atoms with Gasteiger partial charge < -0.3 is 10.9 Å². The Labute approximate surface area is 86.9 Å². The molecule has 0 fully saturated rings. The lowest BCUT2D eigenvalue weighted by molar-refractivity contribution is 0.101. The monoisotopic (exact) mass is 204 g/mol. The minimum absolute atomic E-state index is 0.0601. The number of nitrogen functional groups attached to an aromatic ring is 1. The van der Waals surface area contributed by atoms with Crippen molar-refractivity contribution in [3.05, 3.63) is 29.5 Å². The van der Waals surface area contributed by atoms with Gasteiger partial charge in [0.25, 0.3) is 0 Å². The number of Topliss-reactive ketones (excluding diaryl/α,β-unsaturated/α-hetero) is 1. The third-order valence-electron chi connectivity index (χ3n) is 2.55. The molecule has 0 radical (unpaired) electrons. The van der Waals surface area contributed by atoms with Crippen LogP contribution in [0.3, 0.4) is 0 Å². The van der Waals surface area contributed by atoms with Gasteiger partial charge in [0.2, 0.25) is 0 Å². The number of ketones is 1. The van der Waals surface area contributed by atoms with Crippen LogP contribution in [0.2, 0.25) is 0 Å². The summed E-state index contributed by atoms with van der Waals surface area (Å²) in [7, 11) is 0. The standard InChI is InChI=1S/C11H12N2O2/c1-6-11(7(2)14)9-4-3-8(12)5-10(9)13(6)15/h3-5,15H,12H2,1-2H3. The second-order valence-corrected chi connectivity index (χ2v) is 3.60. The van der Waals surface area contributed by atoms with Gasteiger partial charge in [-0.05, 0) is 32.0 Å². The second-order valence-electron chi connectivity index (χ2n) is 3.60. The zero-order valence-corrected chi connectivity index (χ0v) is 8.61. The maximum absolute atomic E-state index is 11.4. The molecule has 0 saturated heterocycles. The average molecular weight is 204 g/mol. The van der Waals surface area contributed by atoms with Gasteiger partial charge in [-0.1, -0.05) is 0 Å². The molecule has 4 nitrogen and oxygen atoms in total. The molecule has 0 aliphatic heterocycles. The molecule has 15 heavy (non-hydrogen) atoms. The second kappa shape index (κ2) is 3.02. The summed E-state index contributed by atoms with van der Waals surface area (Å²) < 4.78 is 1.00.